The first-order valence-corrected chi connectivity index (χ1v) is 11.8. The maximum atomic E-state index is 12.4. The van der Waals surface area contributed by atoms with Gasteiger partial charge >= 0.3 is 0 Å². The number of nitrogens with zero attached hydrogens (tertiary/aromatic N) is 4. The van der Waals surface area contributed by atoms with Crippen molar-refractivity contribution in [2.75, 3.05) is 70.1 Å². The number of nitrogens with one attached hydrogen (secondary N) is 1. The van der Waals surface area contributed by atoms with E-state index in [1.165, 1.54) is 0 Å². The molecule has 1 N–H and O–H groups in total. The maximum absolute atomic E-state index is 12.4. The Balaban J connectivity index is 1.45. The van der Waals surface area contributed by atoms with Gasteiger partial charge in [0.2, 0.25) is 10.0 Å². The second kappa shape index (κ2) is 8.75. The molecule has 0 bridgehead atoms. The van der Waals surface area contributed by atoms with Gasteiger partial charge in [-0.25, -0.2) is 12.7 Å². The first-order chi connectivity index (χ1) is 12.1. The quantitative estimate of drug-likeness (QED) is 0.403. The van der Waals surface area contributed by atoms with Crippen molar-refractivity contribution in [3.63, 3.8) is 0 Å². The van der Waals surface area contributed by atoms with Crippen LogP contribution >= 0.6 is 11.8 Å². The number of hydrogen-bond donors (Lipinski definition) is 1. The Morgan fingerprint density at radius 2 is 1.96 bits per heavy atom. The summed E-state index contributed by atoms with van der Waals surface area (Å²) >= 11 is 1.82. The van der Waals surface area contributed by atoms with Crippen LogP contribution in [0, 0.1) is 0 Å². The van der Waals surface area contributed by atoms with Gasteiger partial charge in [0, 0.05) is 70.4 Å². The third-order valence-corrected chi connectivity index (χ3v) is 7.86. The van der Waals surface area contributed by atoms with E-state index in [2.05, 4.69) is 32.3 Å². The normalized spacial score (nSPS) is 26.5. The molecule has 9 heteroatoms. The molecule has 2 saturated heterocycles. The monoisotopic (exact) mass is 387 g/mol. The van der Waals surface area contributed by atoms with Crippen molar-refractivity contribution in [3.8, 4) is 0 Å². The highest BCUT2D eigenvalue weighted by Gasteiger charge is 2.30. The molecule has 0 aromatic rings. The lowest BCUT2D eigenvalue weighted by Crippen LogP contribution is -2.46. The Kier molecular flexibility index (Phi) is 6.65. The van der Waals surface area contributed by atoms with E-state index in [1.54, 1.807) is 11.4 Å². The highest BCUT2D eigenvalue weighted by molar-refractivity contribution is 7.99. The van der Waals surface area contributed by atoms with Crippen LogP contribution in [0.2, 0.25) is 0 Å². The number of guanidine groups is 1. The number of hydrogen-bond acceptors (Lipinski definition) is 5. The van der Waals surface area contributed by atoms with Crippen LogP contribution in [0.4, 0.5) is 0 Å². The van der Waals surface area contributed by atoms with Gasteiger partial charge in [0.25, 0.3) is 0 Å². The van der Waals surface area contributed by atoms with Crippen LogP contribution in [0.15, 0.2) is 17.1 Å². The number of aliphatic imine (C=N–C) groups is 1. The fourth-order valence-corrected chi connectivity index (χ4v) is 6.09. The third-order valence-electron chi connectivity index (χ3n) is 5.04. The number of rotatable bonds is 5. The average Bonchev–Trinajstić information content (AvgIpc) is 3.31. The Morgan fingerprint density at radius 3 is 2.64 bits per heavy atom. The fourth-order valence-electron chi connectivity index (χ4n) is 3.60. The summed E-state index contributed by atoms with van der Waals surface area (Å²) in [4.78, 5) is 9.07. The summed E-state index contributed by atoms with van der Waals surface area (Å²) in [5.41, 5.74) is 0. The van der Waals surface area contributed by atoms with Gasteiger partial charge in [-0.2, -0.15) is 11.8 Å². The zero-order chi connectivity index (χ0) is 17.7. The zero-order valence-electron chi connectivity index (χ0n) is 14.9. The van der Waals surface area contributed by atoms with Crippen molar-refractivity contribution < 1.29 is 8.42 Å². The molecule has 0 saturated carbocycles. The molecule has 1 atom stereocenters. The van der Waals surface area contributed by atoms with Gasteiger partial charge in [-0.05, 0) is 6.42 Å². The predicted octanol–water partition coefficient (Wildman–Crippen LogP) is -0.113. The molecule has 0 spiro atoms. The largest absolute Gasteiger partial charge is 0.355 e. The molecule has 3 aliphatic heterocycles. The second-order valence-electron chi connectivity index (χ2n) is 6.62. The lowest BCUT2D eigenvalue weighted by Gasteiger charge is -2.27. The van der Waals surface area contributed by atoms with Crippen molar-refractivity contribution in [1.82, 2.24) is 19.4 Å². The van der Waals surface area contributed by atoms with E-state index < -0.39 is 10.0 Å². The van der Waals surface area contributed by atoms with E-state index in [4.69, 9.17) is 0 Å². The van der Waals surface area contributed by atoms with Gasteiger partial charge in [0.1, 0.15) is 0 Å². The number of likely N-dealkylation sites (tertiary alicyclic amines) is 1. The van der Waals surface area contributed by atoms with Gasteiger partial charge in [-0.1, -0.05) is 12.2 Å². The minimum absolute atomic E-state index is 0.129. The molecule has 142 valence electrons. The predicted molar refractivity (Wildman–Crippen MR) is 105 cm³/mol. The van der Waals surface area contributed by atoms with Crippen molar-refractivity contribution in [3.05, 3.63) is 12.2 Å². The topological polar surface area (TPSA) is 68.2 Å². The molecule has 0 amide bonds. The molecule has 1 unspecified atom stereocenters. The highest BCUT2D eigenvalue weighted by atomic mass is 32.2. The molecule has 0 radical (unpaired) electrons. The first kappa shape index (κ1) is 19.0. The summed E-state index contributed by atoms with van der Waals surface area (Å²) in [5.74, 6) is 2.74. The van der Waals surface area contributed by atoms with Crippen LogP contribution < -0.4 is 5.32 Å². The SMILES string of the molecule is CN=C(NCCS(=O)(=O)N1CCSCC1)N1CCC(N2CC=CC2)C1. The lowest BCUT2D eigenvalue weighted by molar-refractivity contribution is 0.259. The molecule has 0 aliphatic carbocycles. The Bertz CT molecular complexity index is 594. The standard InChI is InChI=1S/C16H29N5O2S2/c1-17-16(20-8-4-15(14-20)19-6-2-3-7-19)18-5-13-25(22,23)21-9-11-24-12-10-21/h2-3,15H,4-14H2,1H3,(H,17,18). The van der Waals surface area contributed by atoms with Gasteiger partial charge in [0.15, 0.2) is 5.96 Å². The molecule has 0 aromatic heterocycles. The maximum Gasteiger partial charge on any atom is 0.215 e. The molecule has 2 fully saturated rings. The van der Waals surface area contributed by atoms with E-state index in [1.807, 2.05) is 11.8 Å². The van der Waals surface area contributed by atoms with Crippen LogP contribution in [0.1, 0.15) is 6.42 Å². The summed E-state index contributed by atoms with van der Waals surface area (Å²) in [5, 5.41) is 3.25. The summed E-state index contributed by atoms with van der Waals surface area (Å²) in [6.45, 7) is 5.69. The summed E-state index contributed by atoms with van der Waals surface area (Å²) in [6, 6.07) is 0.558. The molecular weight excluding hydrogens is 358 g/mol. The van der Waals surface area contributed by atoms with Crippen molar-refractivity contribution in [1.29, 1.82) is 0 Å². The van der Waals surface area contributed by atoms with Crippen molar-refractivity contribution in [2.24, 2.45) is 4.99 Å². The van der Waals surface area contributed by atoms with Crippen LogP contribution in [-0.4, -0.2) is 105 Å². The number of sulfonamides is 1. The fraction of sp³-hybridized carbons (Fsp3) is 0.812. The van der Waals surface area contributed by atoms with E-state index in [-0.39, 0.29) is 5.75 Å². The van der Waals surface area contributed by atoms with Crippen LogP contribution in [0.5, 0.6) is 0 Å². The Hall–Kier alpha value is -0.770. The van der Waals surface area contributed by atoms with E-state index in [0.717, 1.165) is 50.1 Å². The van der Waals surface area contributed by atoms with E-state index in [0.29, 0.717) is 25.7 Å². The third kappa shape index (κ3) is 4.90. The molecule has 0 aromatic carbocycles. The Labute approximate surface area is 155 Å². The van der Waals surface area contributed by atoms with Gasteiger partial charge in [-0.3, -0.25) is 9.89 Å². The summed E-state index contributed by atoms with van der Waals surface area (Å²) in [7, 11) is -1.40. The molecular formula is C16H29N5O2S2. The van der Waals surface area contributed by atoms with Crippen LogP contribution in [-0.2, 0) is 10.0 Å². The molecule has 3 rings (SSSR count). The van der Waals surface area contributed by atoms with Crippen LogP contribution in [0.3, 0.4) is 0 Å². The lowest BCUT2D eigenvalue weighted by atomic mass is 10.2. The van der Waals surface area contributed by atoms with E-state index in [9.17, 15) is 8.42 Å². The molecule has 25 heavy (non-hydrogen) atoms. The zero-order valence-corrected chi connectivity index (χ0v) is 16.6. The van der Waals surface area contributed by atoms with Gasteiger partial charge < -0.3 is 10.2 Å². The molecule has 7 nitrogen and oxygen atoms in total. The van der Waals surface area contributed by atoms with E-state index >= 15 is 0 Å². The van der Waals surface area contributed by atoms with Crippen molar-refractivity contribution >= 4 is 27.7 Å². The van der Waals surface area contributed by atoms with Crippen molar-refractivity contribution in [2.45, 2.75) is 12.5 Å². The first-order valence-electron chi connectivity index (χ1n) is 9.00. The molecule has 3 heterocycles. The van der Waals surface area contributed by atoms with Gasteiger partial charge in [0.05, 0.1) is 5.75 Å². The highest BCUT2D eigenvalue weighted by Crippen LogP contribution is 2.18. The van der Waals surface area contributed by atoms with Gasteiger partial charge in [-0.15, -0.1) is 0 Å². The summed E-state index contributed by atoms with van der Waals surface area (Å²) in [6.07, 6.45) is 5.57. The Morgan fingerprint density at radius 1 is 1.24 bits per heavy atom. The van der Waals surface area contributed by atoms with Crippen LogP contribution in [0.25, 0.3) is 0 Å². The second-order valence-corrected chi connectivity index (χ2v) is 9.93. The minimum Gasteiger partial charge on any atom is -0.355 e. The smallest absolute Gasteiger partial charge is 0.215 e. The minimum atomic E-state index is -3.17. The average molecular weight is 388 g/mol. The number of thioether (sulfide) groups is 1. The molecule has 3 aliphatic rings. The summed E-state index contributed by atoms with van der Waals surface area (Å²) < 4.78 is 26.4.